The maximum Gasteiger partial charge on any atom is 0.328 e. The van der Waals surface area contributed by atoms with Crippen LogP contribution in [0.3, 0.4) is 0 Å². The van der Waals surface area contributed by atoms with Crippen LogP contribution in [0.2, 0.25) is 0 Å². The van der Waals surface area contributed by atoms with Crippen molar-refractivity contribution in [3.63, 3.8) is 0 Å². The van der Waals surface area contributed by atoms with Crippen molar-refractivity contribution in [3.8, 4) is 0 Å². The lowest BCUT2D eigenvalue weighted by Gasteiger charge is -2.25. The Morgan fingerprint density at radius 1 is 1.50 bits per heavy atom. The number of nitrogens with zero attached hydrogens (tertiary/aromatic N) is 1. The standard InChI is InChI=1S/C12H19N5O/c1-4-8-6-9(13)5-7(2)10(8)17(11(14)15)12(18)16-3/h5-6H,4,13H2,1-3H3,(H3,14,15)(H,16,18). The Kier molecular flexibility index (Phi) is 4.14. The monoisotopic (exact) mass is 249 g/mol. The summed E-state index contributed by atoms with van der Waals surface area (Å²) in [6, 6.07) is 3.11. The predicted molar refractivity (Wildman–Crippen MR) is 73.8 cm³/mol. The topological polar surface area (TPSA) is 108 Å². The third-order valence-electron chi connectivity index (χ3n) is 2.66. The van der Waals surface area contributed by atoms with E-state index < -0.39 is 6.03 Å². The lowest BCUT2D eigenvalue weighted by molar-refractivity contribution is 0.251. The second-order valence-electron chi connectivity index (χ2n) is 3.97. The molecule has 0 aromatic heterocycles. The maximum atomic E-state index is 11.8. The fourth-order valence-corrected chi connectivity index (χ4v) is 1.92. The molecule has 6 heteroatoms. The fourth-order valence-electron chi connectivity index (χ4n) is 1.92. The van der Waals surface area contributed by atoms with E-state index in [9.17, 15) is 4.79 Å². The third-order valence-corrected chi connectivity index (χ3v) is 2.66. The number of carbonyl (C=O) groups excluding carboxylic acids is 1. The first-order valence-electron chi connectivity index (χ1n) is 5.67. The molecule has 2 amide bonds. The second kappa shape index (κ2) is 5.39. The van der Waals surface area contributed by atoms with Gasteiger partial charge in [0.2, 0.25) is 5.96 Å². The summed E-state index contributed by atoms with van der Waals surface area (Å²) in [5.41, 5.74) is 14.2. The second-order valence-corrected chi connectivity index (χ2v) is 3.97. The van der Waals surface area contributed by atoms with Crippen LogP contribution in [0.25, 0.3) is 0 Å². The molecule has 0 fully saturated rings. The Morgan fingerprint density at radius 2 is 2.11 bits per heavy atom. The minimum atomic E-state index is -0.440. The van der Waals surface area contributed by atoms with Crippen LogP contribution in [0.1, 0.15) is 18.1 Å². The number of guanidine groups is 1. The number of anilines is 2. The number of urea groups is 1. The van der Waals surface area contributed by atoms with Gasteiger partial charge in [0.05, 0.1) is 5.69 Å². The van der Waals surface area contributed by atoms with Crippen LogP contribution < -0.4 is 21.7 Å². The molecule has 6 N–H and O–H groups in total. The molecule has 0 atom stereocenters. The molecule has 0 aliphatic carbocycles. The van der Waals surface area contributed by atoms with Crippen molar-refractivity contribution in [1.82, 2.24) is 5.32 Å². The molecular weight excluding hydrogens is 230 g/mol. The van der Waals surface area contributed by atoms with Gasteiger partial charge in [0.15, 0.2) is 0 Å². The van der Waals surface area contributed by atoms with Gasteiger partial charge in [-0.3, -0.25) is 5.41 Å². The third kappa shape index (κ3) is 2.53. The van der Waals surface area contributed by atoms with Gasteiger partial charge in [-0.05, 0) is 36.6 Å². The first-order valence-corrected chi connectivity index (χ1v) is 5.67. The van der Waals surface area contributed by atoms with Crippen molar-refractivity contribution in [2.75, 3.05) is 17.7 Å². The number of hydrogen-bond donors (Lipinski definition) is 4. The smallest absolute Gasteiger partial charge is 0.328 e. The van der Waals surface area contributed by atoms with Crippen molar-refractivity contribution in [1.29, 1.82) is 5.41 Å². The highest BCUT2D eigenvalue weighted by molar-refractivity contribution is 6.14. The van der Waals surface area contributed by atoms with Gasteiger partial charge in [-0.1, -0.05) is 6.92 Å². The van der Waals surface area contributed by atoms with Crippen LogP contribution in [0, 0.1) is 12.3 Å². The minimum absolute atomic E-state index is 0.322. The summed E-state index contributed by atoms with van der Waals surface area (Å²) in [6.07, 6.45) is 0.696. The summed E-state index contributed by atoms with van der Waals surface area (Å²) >= 11 is 0. The molecule has 1 rings (SSSR count). The lowest BCUT2D eigenvalue weighted by Crippen LogP contribution is -2.46. The lowest BCUT2D eigenvalue weighted by atomic mass is 10.0. The number of nitrogens with two attached hydrogens (primary N) is 2. The van der Waals surface area contributed by atoms with Crippen LogP contribution in [0.5, 0.6) is 0 Å². The molecule has 0 bridgehead atoms. The molecule has 6 nitrogen and oxygen atoms in total. The number of nitrogens with one attached hydrogen (secondary N) is 2. The summed E-state index contributed by atoms with van der Waals surface area (Å²) in [7, 11) is 1.50. The average Bonchev–Trinajstić information content (AvgIpc) is 2.30. The van der Waals surface area contributed by atoms with Crippen molar-refractivity contribution in [2.45, 2.75) is 20.3 Å². The molecule has 0 saturated carbocycles. The summed E-state index contributed by atoms with van der Waals surface area (Å²) < 4.78 is 0. The normalized spacial score (nSPS) is 9.94. The predicted octanol–water partition coefficient (Wildman–Crippen LogP) is 1.18. The Morgan fingerprint density at radius 3 is 2.56 bits per heavy atom. The van der Waals surface area contributed by atoms with Crippen molar-refractivity contribution < 1.29 is 4.79 Å². The number of carbonyl (C=O) groups is 1. The summed E-state index contributed by atoms with van der Waals surface area (Å²) in [5.74, 6) is -0.322. The first kappa shape index (κ1) is 13.8. The van der Waals surface area contributed by atoms with Crippen molar-refractivity contribution in [2.24, 2.45) is 5.73 Å². The van der Waals surface area contributed by atoms with E-state index in [-0.39, 0.29) is 5.96 Å². The molecule has 0 heterocycles. The Hall–Kier alpha value is -2.24. The number of amides is 2. The van der Waals surface area contributed by atoms with Gasteiger partial charge >= 0.3 is 6.03 Å². The first-order chi connectivity index (χ1) is 8.42. The van der Waals surface area contributed by atoms with Crippen LogP contribution in [-0.2, 0) is 6.42 Å². The molecular formula is C12H19N5O. The van der Waals surface area contributed by atoms with Gasteiger partial charge in [-0.15, -0.1) is 0 Å². The zero-order valence-electron chi connectivity index (χ0n) is 10.9. The number of benzene rings is 1. The summed E-state index contributed by atoms with van der Waals surface area (Å²) in [6.45, 7) is 3.80. The molecule has 0 radical (unpaired) electrons. The Bertz CT molecular complexity index is 484. The summed E-state index contributed by atoms with van der Waals surface area (Å²) in [5, 5.41) is 10.0. The van der Waals surface area contributed by atoms with Gasteiger partial charge in [-0.2, -0.15) is 0 Å². The van der Waals surface area contributed by atoms with E-state index in [4.69, 9.17) is 16.9 Å². The van der Waals surface area contributed by atoms with Crippen molar-refractivity contribution in [3.05, 3.63) is 23.3 Å². The Balaban J connectivity index is 3.45. The van der Waals surface area contributed by atoms with Gasteiger partial charge in [-0.25, -0.2) is 9.69 Å². The quantitative estimate of drug-likeness (QED) is 0.359. The molecule has 98 valence electrons. The Labute approximate surface area is 106 Å². The van der Waals surface area contributed by atoms with E-state index >= 15 is 0 Å². The molecule has 1 aromatic carbocycles. The zero-order chi connectivity index (χ0) is 13.9. The van der Waals surface area contributed by atoms with E-state index in [0.29, 0.717) is 17.8 Å². The van der Waals surface area contributed by atoms with Gasteiger partial charge < -0.3 is 16.8 Å². The van der Waals surface area contributed by atoms with Crippen LogP contribution in [0.15, 0.2) is 12.1 Å². The molecule has 0 aliphatic rings. The van der Waals surface area contributed by atoms with Crippen molar-refractivity contribution >= 4 is 23.4 Å². The zero-order valence-corrected chi connectivity index (χ0v) is 10.9. The largest absolute Gasteiger partial charge is 0.399 e. The number of aryl methyl sites for hydroxylation is 2. The van der Waals surface area contributed by atoms with Gasteiger partial charge in [0, 0.05) is 12.7 Å². The number of nitrogen functional groups attached to an aromatic ring is 1. The average molecular weight is 249 g/mol. The van der Waals surface area contributed by atoms with E-state index in [1.165, 1.54) is 7.05 Å². The number of rotatable bonds is 2. The molecule has 0 saturated heterocycles. The van der Waals surface area contributed by atoms with E-state index in [2.05, 4.69) is 5.32 Å². The van der Waals surface area contributed by atoms with Crippen LogP contribution >= 0.6 is 0 Å². The minimum Gasteiger partial charge on any atom is -0.399 e. The highest BCUT2D eigenvalue weighted by atomic mass is 16.2. The molecule has 0 unspecified atom stereocenters. The molecule has 0 spiro atoms. The summed E-state index contributed by atoms with van der Waals surface area (Å²) in [4.78, 5) is 13.0. The highest BCUT2D eigenvalue weighted by Gasteiger charge is 2.22. The number of hydrogen-bond acceptors (Lipinski definition) is 3. The maximum absolute atomic E-state index is 11.8. The fraction of sp³-hybridized carbons (Fsp3) is 0.333. The van der Waals surface area contributed by atoms with Crippen LogP contribution in [0.4, 0.5) is 16.2 Å². The van der Waals surface area contributed by atoms with E-state index in [0.717, 1.165) is 16.0 Å². The van der Waals surface area contributed by atoms with Crippen LogP contribution in [-0.4, -0.2) is 19.0 Å². The highest BCUT2D eigenvalue weighted by Crippen LogP contribution is 2.28. The van der Waals surface area contributed by atoms with Gasteiger partial charge in [0.1, 0.15) is 0 Å². The molecule has 1 aromatic rings. The van der Waals surface area contributed by atoms with E-state index in [1.807, 2.05) is 13.8 Å². The molecule has 18 heavy (non-hydrogen) atoms. The van der Waals surface area contributed by atoms with Gasteiger partial charge in [0.25, 0.3) is 0 Å². The molecule has 0 aliphatic heterocycles. The SMILES string of the molecule is CCc1cc(N)cc(C)c1N(C(=N)N)C(=O)NC. The van der Waals surface area contributed by atoms with E-state index in [1.54, 1.807) is 12.1 Å².